The zero-order valence-electron chi connectivity index (χ0n) is 17.7. The maximum absolute atomic E-state index is 14.5. The zero-order valence-corrected chi connectivity index (χ0v) is 17.7. The number of piperidine rings is 1. The normalized spacial score (nSPS) is 22.8. The second kappa shape index (κ2) is 8.39. The standard InChI is InChI=1S/C22H22F2N4O5/c1-27-11-14(3-7-18(27)30)22(23,24)21(33)25-9-12-2-4-15-13(8-12)10-28(20(15)32)16-5-6-17(29)26-19(16)31/h2-4,7-8,11,16,18,30H,5-6,9-10H2,1H3,(H,25,33)(H,26,29,31). The molecular formula is C22H22F2N4O5. The van der Waals surface area contributed by atoms with Crippen molar-refractivity contribution in [3.8, 4) is 0 Å². The van der Waals surface area contributed by atoms with Crippen molar-refractivity contribution in [2.45, 2.75) is 44.1 Å². The van der Waals surface area contributed by atoms with Gasteiger partial charge in [-0.1, -0.05) is 18.2 Å². The maximum atomic E-state index is 14.5. The summed E-state index contributed by atoms with van der Waals surface area (Å²) in [6.45, 7) is -0.0471. The van der Waals surface area contributed by atoms with Crippen LogP contribution in [0.25, 0.3) is 0 Å². The first-order valence-electron chi connectivity index (χ1n) is 10.3. The molecule has 0 spiro atoms. The predicted octanol–water partition coefficient (Wildman–Crippen LogP) is 0.403. The number of hydrogen-bond donors (Lipinski definition) is 3. The Morgan fingerprint density at radius 1 is 1.30 bits per heavy atom. The number of fused-ring (bicyclic) bond motifs is 1. The molecular weight excluding hydrogens is 438 g/mol. The largest absolute Gasteiger partial charge is 0.370 e. The van der Waals surface area contributed by atoms with Gasteiger partial charge in [-0.15, -0.1) is 0 Å². The number of carbonyl (C=O) groups excluding carboxylic acids is 4. The smallest absolute Gasteiger partial charge is 0.351 e. The number of halogens is 2. The highest BCUT2D eigenvalue weighted by molar-refractivity contribution is 6.05. The molecule has 2 unspecified atom stereocenters. The molecule has 4 amide bonds. The van der Waals surface area contributed by atoms with Crippen molar-refractivity contribution in [1.82, 2.24) is 20.4 Å². The number of nitrogens with zero attached hydrogens (tertiary/aromatic N) is 2. The van der Waals surface area contributed by atoms with Crippen LogP contribution in [0.3, 0.4) is 0 Å². The van der Waals surface area contributed by atoms with E-state index < -0.39 is 35.6 Å². The molecule has 33 heavy (non-hydrogen) atoms. The lowest BCUT2D eigenvalue weighted by molar-refractivity contribution is -0.140. The van der Waals surface area contributed by atoms with E-state index in [1.807, 2.05) is 0 Å². The number of imide groups is 1. The first-order chi connectivity index (χ1) is 15.6. The maximum Gasteiger partial charge on any atom is 0.351 e. The van der Waals surface area contributed by atoms with Crippen LogP contribution in [-0.2, 0) is 27.5 Å². The van der Waals surface area contributed by atoms with Crippen molar-refractivity contribution in [3.63, 3.8) is 0 Å². The SMILES string of the molecule is CN1C=C(C(F)(F)C(=O)NCc2ccc3c(c2)CN(C2CCC(=O)NC2=O)C3=O)C=CC1O. The minimum atomic E-state index is -3.81. The number of rotatable bonds is 5. The summed E-state index contributed by atoms with van der Waals surface area (Å²) in [5.74, 6) is -6.54. The fourth-order valence-electron chi connectivity index (χ4n) is 4.01. The third-order valence-electron chi connectivity index (χ3n) is 5.90. The number of carbonyl (C=O) groups is 4. The number of amides is 4. The second-order valence-corrected chi connectivity index (χ2v) is 8.17. The fraction of sp³-hybridized carbons (Fsp3) is 0.364. The Kier molecular flexibility index (Phi) is 5.75. The van der Waals surface area contributed by atoms with Gasteiger partial charge in [0.15, 0.2) is 0 Å². The summed E-state index contributed by atoms with van der Waals surface area (Å²) < 4.78 is 29.1. The van der Waals surface area contributed by atoms with Gasteiger partial charge in [-0.2, -0.15) is 8.78 Å². The number of allylic oxidation sites excluding steroid dienone is 1. The van der Waals surface area contributed by atoms with Gasteiger partial charge in [0.05, 0.1) is 0 Å². The molecule has 1 aromatic carbocycles. The van der Waals surface area contributed by atoms with E-state index in [0.29, 0.717) is 16.7 Å². The molecule has 3 heterocycles. The van der Waals surface area contributed by atoms with Crippen molar-refractivity contribution in [2.24, 2.45) is 0 Å². The van der Waals surface area contributed by atoms with Crippen LogP contribution < -0.4 is 10.6 Å². The summed E-state index contributed by atoms with van der Waals surface area (Å²) in [7, 11) is 1.41. The van der Waals surface area contributed by atoms with E-state index in [4.69, 9.17) is 0 Å². The van der Waals surface area contributed by atoms with Crippen LogP contribution in [0.15, 0.2) is 42.1 Å². The van der Waals surface area contributed by atoms with E-state index >= 15 is 0 Å². The summed E-state index contributed by atoms with van der Waals surface area (Å²) in [5, 5.41) is 14.0. The molecule has 3 N–H and O–H groups in total. The Balaban J connectivity index is 1.42. The van der Waals surface area contributed by atoms with Crippen LogP contribution in [0.4, 0.5) is 8.78 Å². The average Bonchev–Trinajstić information content (AvgIpc) is 3.09. The van der Waals surface area contributed by atoms with Crippen LogP contribution in [0.5, 0.6) is 0 Å². The second-order valence-electron chi connectivity index (χ2n) is 8.17. The number of alkyl halides is 2. The van der Waals surface area contributed by atoms with Gasteiger partial charge < -0.3 is 20.2 Å². The van der Waals surface area contributed by atoms with Gasteiger partial charge in [0.2, 0.25) is 11.8 Å². The molecule has 0 saturated carbocycles. The van der Waals surface area contributed by atoms with Crippen LogP contribution in [-0.4, -0.2) is 63.8 Å². The third-order valence-corrected chi connectivity index (χ3v) is 5.90. The first-order valence-corrected chi connectivity index (χ1v) is 10.3. The Hall–Kier alpha value is -3.60. The lowest BCUT2D eigenvalue weighted by Crippen LogP contribution is -2.52. The summed E-state index contributed by atoms with van der Waals surface area (Å²) in [5.41, 5.74) is 0.958. The van der Waals surface area contributed by atoms with Gasteiger partial charge in [0.1, 0.15) is 12.3 Å². The van der Waals surface area contributed by atoms with E-state index in [0.717, 1.165) is 23.3 Å². The molecule has 174 valence electrons. The number of hydrogen-bond acceptors (Lipinski definition) is 6. The van der Waals surface area contributed by atoms with Gasteiger partial charge in [-0.05, 0) is 29.7 Å². The monoisotopic (exact) mass is 460 g/mol. The lowest BCUT2D eigenvalue weighted by atomic mass is 10.0. The Morgan fingerprint density at radius 3 is 2.76 bits per heavy atom. The van der Waals surface area contributed by atoms with Gasteiger partial charge in [-0.25, -0.2) is 0 Å². The fourth-order valence-corrected chi connectivity index (χ4v) is 4.01. The molecule has 0 aliphatic carbocycles. The summed E-state index contributed by atoms with van der Waals surface area (Å²) in [6.07, 6.45) is 2.51. The number of likely N-dealkylation sites (N-methyl/N-ethyl adjacent to an activating group) is 1. The summed E-state index contributed by atoms with van der Waals surface area (Å²) in [6, 6.07) is 3.96. The van der Waals surface area contributed by atoms with Crippen LogP contribution >= 0.6 is 0 Å². The van der Waals surface area contributed by atoms with Gasteiger partial charge >= 0.3 is 5.92 Å². The zero-order chi connectivity index (χ0) is 23.9. The minimum absolute atomic E-state index is 0.141. The first kappa shape index (κ1) is 22.6. The van der Waals surface area contributed by atoms with Crippen molar-refractivity contribution in [3.05, 3.63) is 58.8 Å². The van der Waals surface area contributed by atoms with Gasteiger partial charge in [-0.3, -0.25) is 24.5 Å². The molecule has 1 saturated heterocycles. The predicted molar refractivity (Wildman–Crippen MR) is 110 cm³/mol. The highest BCUT2D eigenvalue weighted by Crippen LogP contribution is 2.30. The minimum Gasteiger partial charge on any atom is -0.370 e. The van der Waals surface area contributed by atoms with E-state index in [9.17, 15) is 33.1 Å². The number of benzene rings is 1. The number of nitrogens with one attached hydrogen (secondary N) is 2. The van der Waals surface area contributed by atoms with Crippen molar-refractivity contribution in [2.75, 3.05) is 7.05 Å². The third kappa shape index (κ3) is 4.23. The lowest BCUT2D eigenvalue weighted by Gasteiger charge is -2.29. The Morgan fingerprint density at radius 2 is 2.06 bits per heavy atom. The topological polar surface area (TPSA) is 119 Å². The molecule has 9 nitrogen and oxygen atoms in total. The quantitative estimate of drug-likeness (QED) is 0.548. The Bertz CT molecular complexity index is 1100. The Labute approximate surface area is 187 Å². The van der Waals surface area contributed by atoms with Crippen molar-refractivity contribution < 1.29 is 33.1 Å². The molecule has 4 rings (SSSR count). The van der Waals surface area contributed by atoms with E-state index in [1.54, 1.807) is 12.1 Å². The van der Waals surface area contributed by atoms with E-state index in [-0.39, 0.29) is 37.7 Å². The number of aliphatic hydroxyl groups is 1. The molecule has 3 aliphatic heterocycles. The van der Waals surface area contributed by atoms with Crippen LogP contribution in [0.2, 0.25) is 0 Å². The van der Waals surface area contributed by atoms with Gasteiger partial charge in [0, 0.05) is 43.9 Å². The molecule has 0 bridgehead atoms. The molecule has 3 aliphatic rings. The van der Waals surface area contributed by atoms with Crippen LogP contribution in [0, 0.1) is 0 Å². The molecule has 1 fully saturated rings. The highest BCUT2D eigenvalue weighted by atomic mass is 19.3. The average molecular weight is 460 g/mol. The molecule has 0 radical (unpaired) electrons. The molecule has 2 atom stereocenters. The van der Waals surface area contributed by atoms with Crippen molar-refractivity contribution in [1.29, 1.82) is 0 Å². The summed E-state index contributed by atoms with van der Waals surface area (Å²) in [4.78, 5) is 50.9. The molecule has 0 aromatic heterocycles. The highest BCUT2D eigenvalue weighted by Gasteiger charge is 2.43. The van der Waals surface area contributed by atoms with Crippen LogP contribution in [0.1, 0.15) is 34.3 Å². The molecule has 11 heteroatoms. The van der Waals surface area contributed by atoms with Crippen molar-refractivity contribution >= 4 is 23.6 Å². The summed E-state index contributed by atoms with van der Waals surface area (Å²) >= 11 is 0. The van der Waals surface area contributed by atoms with Gasteiger partial charge in [0.25, 0.3) is 11.8 Å². The number of aliphatic hydroxyl groups excluding tert-OH is 1. The molecule has 1 aromatic rings. The van der Waals surface area contributed by atoms with E-state index in [1.165, 1.54) is 18.0 Å². The van der Waals surface area contributed by atoms with E-state index in [2.05, 4.69) is 10.6 Å².